The summed E-state index contributed by atoms with van der Waals surface area (Å²) in [5.74, 6) is -2.61. The van der Waals surface area contributed by atoms with Gasteiger partial charge in [-0.25, -0.2) is 18.2 Å². The molecule has 4 heterocycles. The number of pyridine rings is 1. The average molecular weight is 772 g/mol. The SMILES string of the molecule is CCOc1nc2ccc(OC)nc2nc1O[C@@H]1C[C@H]2C(=O)N[C@]3(C(=O)NS(=O)(=O)C4(C)CC4)C[C@H]3C=CCC[C@@H](C)C[C@@H](CC)[C@H](NC(=O)O)C(=O)N2C1. The first-order chi connectivity index (χ1) is 25.6. The summed E-state index contributed by atoms with van der Waals surface area (Å²) in [7, 11) is -2.56. The number of sulfonamides is 1. The third-order valence-electron chi connectivity index (χ3n) is 11.1. The molecule has 4 amide bonds. The zero-order chi connectivity index (χ0) is 39.0. The smallest absolute Gasteiger partial charge is 0.405 e. The number of nitrogens with zero attached hydrogens (tertiary/aromatic N) is 4. The predicted octanol–water partition coefficient (Wildman–Crippen LogP) is 2.69. The Morgan fingerprint density at radius 2 is 1.87 bits per heavy atom. The van der Waals surface area contributed by atoms with Gasteiger partial charge in [0.15, 0.2) is 5.65 Å². The van der Waals surface area contributed by atoms with E-state index < -0.39 is 74.1 Å². The summed E-state index contributed by atoms with van der Waals surface area (Å²) in [6.07, 6.45) is 4.82. The first-order valence-corrected chi connectivity index (χ1v) is 20.0. The zero-order valence-corrected chi connectivity index (χ0v) is 32.0. The Bertz CT molecular complexity index is 1940. The van der Waals surface area contributed by atoms with Gasteiger partial charge in [0.25, 0.3) is 17.7 Å². The number of carboxylic acid groups (broad SMARTS) is 1. The van der Waals surface area contributed by atoms with Crippen molar-refractivity contribution in [3.63, 3.8) is 0 Å². The molecule has 18 heteroatoms. The Hall–Kier alpha value is -4.74. The van der Waals surface area contributed by atoms with Gasteiger partial charge in [0.05, 0.1) is 25.0 Å². The number of rotatable bonds is 10. The lowest BCUT2D eigenvalue weighted by molar-refractivity contribution is -0.142. The van der Waals surface area contributed by atoms with Gasteiger partial charge in [-0.15, -0.1) is 0 Å². The Labute approximate surface area is 314 Å². The number of carbonyl (C=O) groups is 4. The molecule has 4 N–H and O–H groups in total. The fourth-order valence-electron chi connectivity index (χ4n) is 7.42. The minimum Gasteiger partial charge on any atom is -0.481 e. The van der Waals surface area contributed by atoms with E-state index in [-0.39, 0.29) is 49.3 Å². The number of methoxy groups -OCH3 is 1. The maximum absolute atomic E-state index is 14.6. The second-order valence-electron chi connectivity index (χ2n) is 15.0. The van der Waals surface area contributed by atoms with Crippen LogP contribution >= 0.6 is 0 Å². The first kappa shape index (κ1) is 39.0. The van der Waals surface area contributed by atoms with E-state index in [0.717, 1.165) is 6.42 Å². The van der Waals surface area contributed by atoms with Crippen molar-refractivity contribution in [1.82, 2.24) is 35.2 Å². The molecule has 17 nitrogen and oxygen atoms in total. The van der Waals surface area contributed by atoms with Crippen LogP contribution in [0.3, 0.4) is 0 Å². The highest BCUT2D eigenvalue weighted by Crippen LogP contribution is 2.47. The van der Waals surface area contributed by atoms with Gasteiger partial charge in [-0.05, 0) is 70.3 Å². The fourth-order valence-corrected chi connectivity index (χ4v) is 8.73. The van der Waals surface area contributed by atoms with Crippen molar-refractivity contribution in [2.24, 2.45) is 17.8 Å². The monoisotopic (exact) mass is 771 g/mol. The van der Waals surface area contributed by atoms with Crippen molar-refractivity contribution in [3.05, 3.63) is 24.3 Å². The van der Waals surface area contributed by atoms with Gasteiger partial charge in [0, 0.05) is 18.4 Å². The third kappa shape index (κ3) is 7.88. The lowest BCUT2D eigenvalue weighted by Gasteiger charge is -2.33. The van der Waals surface area contributed by atoms with Gasteiger partial charge in [0.1, 0.15) is 29.2 Å². The largest absolute Gasteiger partial charge is 0.481 e. The van der Waals surface area contributed by atoms with Crippen molar-refractivity contribution in [3.8, 4) is 17.6 Å². The van der Waals surface area contributed by atoms with Crippen LogP contribution in [0.25, 0.3) is 11.2 Å². The van der Waals surface area contributed by atoms with Crippen molar-refractivity contribution in [1.29, 1.82) is 0 Å². The van der Waals surface area contributed by atoms with E-state index in [1.165, 1.54) is 12.0 Å². The first-order valence-electron chi connectivity index (χ1n) is 18.5. The van der Waals surface area contributed by atoms with Gasteiger partial charge in [0.2, 0.25) is 27.7 Å². The number of hydrogen-bond acceptors (Lipinski definition) is 12. The van der Waals surface area contributed by atoms with Crippen LogP contribution in [0.2, 0.25) is 0 Å². The maximum Gasteiger partial charge on any atom is 0.405 e. The van der Waals surface area contributed by atoms with E-state index in [9.17, 15) is 32.7 Å². The topological polar surface area (TPSA) is 228 Å². The third-order valence-corrected chi connectivity index (χ3v) is 13.3. The molecular formula is C36H49N7O10S. The molecule has 54 heavy (non-hydrogen) atoms. The minimum atomic E-state index is -4.02. The number of amides is 4. The summed E-state index contributed by atoms with van der Waals surface area (Å²) in [6, 6.07) is 0.880. The van der Waals surface area contributed by atoms with Crippen LogP contribution in [-0.2, 0) is 24.4 Å². The summed E-state index contributed by atoms with van der Waals surface area (Å²) < 4.78 is 44.8. The van der Waals surface area contributed by atoms with Crippen LogP contribution in [0.1, 0.15) is 79.1 Å². The van der Waals surface area contributed by atoms with Crippen molar-refractivity contribution in [2.75, 3.05) is 20.3 Å². The van der Waals surface area contributed by atoms with Crippen molar-refractivity contribution >= 4 is 45.0 Å². The number of carbonyl (C=O) groups excluding carboxylic acids is 3. The average Bonchev–Trinajstić information content (AvgIpc) is 4.01. The molecule has 7 atom stereocenters. The fraction of sp³-hybridized carbons (Fsp3) is 0.639. The summed E-state index contributed by atoms with van der Waals surface area (Å²) in [5, 5.41) is 15.1. The second-order valence-corrected chi connectivity index (χ2v) is 17.2. The molecule has 2 aromatic heterocycles. The molecule has 3 fully saturated rings. The molecule has 2 saturated carbocycles. The van der Waals surface area contributed by atoms with Gasteiger partial charge < -0.3 is 34.9 Å². The number of ether oxygens (including phenoxy) is 3. The van der Waals surface area contributed by atoms with Crippen LogP contribution in [0, 0.1) is 17.8 Å². The summed E-state index contributed by atoms with van der Waals surface area (Å²) in [6.45, 7) is 7.34. The molecule has 0 radical (unpaired) electrons. The van der Waals surface area contributed by atoms with Gasteiger partial charge in [-0.3, -0.25) is 19.1 Å². The Morgan fingerprint density at radius 3 is 2.54 bits per heavy atom. The molecule has 0 aromatic carbocycles. The summed E-state index contributed by atoms with van der Waals surface area (Å²) in [5.41, 5.74) is -0.958. The molecule has 2 aliphatic carbocycles. The lowest BCUT2D eigenvalue weighted by Crippen LogP contribution is -2.59. The number of hydrogen-bond donors (Lipinski definition) is 4. The van der Waals surface area contributed by atoms with Crippen LogP contribution in [0.5, 0.6) is 17.6 Å². The standard InChI is InChI=1S/C36H49N7O10S/c1-6-21-16-20(3)10-8-9-11-22-18-36(22,33(46)42-54(49,50)35(4)14-15-35)41-29(44)25-17-23(19-43(25)32(45)27(21)39-34(47)48)53-31-30(52-7-2)37-24-12-13-26(51-5)38-28(24)40-31/h9,11-13,20-23,25,27,39H,6-8,10,14-19H2,1-5H3,(H,41,44)(H,42,46)(H,47,48)/t20-,21-,22-,23-,25+,27+,36-/m1/s1. The Kier molecular flexibility index (Phi) is 11.0. The highest BCUT2D eigenvalue weighted by Gasteiger charge is 2.63. The minimum absolute atomic E-state index is 0.0341. The van der Waals surface area contributed by atoms with Crippen LogP contribution < -0.4 is 29.6 Å². The maximum atomic E-state index is 14.6. The molecule has 294 valence electrons. The summed E-state index contributed by atoms with van der Waals surface area (Å²) >= 11 is 0. The van der Waals surface area contributed by atoms with E-state index in [4.69, 9.17) is 14.2 Å². The lowest BCUT2D eigenvalue weighted by atomic mass is 9.85. The Balaban J connectivity index is 1.36. The highest BCUT2D eigenvalue weighted by molar-refractivity contribution is 7.91. The van der Waals surface area contributed by atoms with Crippen molar-refractivity contribution in [2.45, 2.75) is 108 Å². The molecule has 2 aromatic rings. The van der Waals surface area contributed by atoms with E-state index >= 15 is 0 Å². The predicted molar refractivity (Wildman–Crippen MR) is 194 cm³/mol. The zero-order valence-electron chi connectivity index (χ0n) is 31.2. The highest BCUT2D eigenvalue weighted by atomic mass is 32.2. The van der Waals surface area contributed by atoms with Gasteiger partial charge in [-0.1, -0.05) is 32.4 Å². The molecular weight excluding hydrogens is 723 g/mol. The molecule has 1 saturated heterocycles. The molecule has 0 spiro atoms. The normalized spacial score (nSPS) is 29.5. The molecule has 4 aliphatic rings. The summed E-state index contributed by atoms with van der Waals surface area (Å²) in [4.78, 5) is 69.6. The van der Waals surface area contributed by atoms with E-state index in [2.05, 4.69) is 30.3 Å². The number of aromatic nitrogens is 3. The van der Waals surface area contributed by atoms with E-state index in [1.54, 1.807) is 26.0 Å². The van der Waals surface area contributed by atoms with E-state index in [1.807, 2.05) is 26.0 Å². The molecule has 2 aliphatic heterocycles. The quantitative estimate of drug-likeness (QED) is 0.255. The van der Waals surface area contributed by atoms with Gasteiger partial charge >= 0.3 is 6.09 Å². The Morgan fingerprint density at radius 1 is 1.11 bits per heavy atom. The second kappa shape index (κ2) is 15.2. The molecule has 0 unspecified atom stereocenters. The van der Waals surface area contributed by atoms with Crippen LogP contribution in [0.15, 0.2) is 24.3 Å². The number of fused-ring (bicyclic) bond motifs is 3. The molecule has 6 rings (SSSR count). The number of allylic oxidation sites excluding steroid dienone is 1. The van der Waals surface area contributed by atoms with Gasteiger partial charge in [-0.2, -0.15) is 9.97 Å². The van der Waals surface area contributed by atoms with E-state index in [0.29, 0.717) is 43.5 Å². The van der Waals surface area contributed by atoms with Crippen molar-refractivity contribution < 1.29 is 46.9 Å². The van der Waals surface area contributed by atoms with Crippen LogP contribution in [0.4, 0.5) is 4.79 Å². The van der Waals surface area contributed by atoms with Crippen LogP contribution in [-0.4, -0.2) is 106 Å². The number of nitrogens with one attached hydrogen (secondary N) is 3. The molecule has 0 bridgehead atoms.